The first-order valence-electron chi connectivity index (χ1n) is 3.72. The van der Waals surface area contributed by atoms with Crippen molar-refractivity contribution < 1.29 is 4.39 Å². The van der Waals surface area contributed by atoms with Gasteiger partial charge in [0, 0.05) is 6.20 Å². The maximum atomic E-state index is 13.2. The van der Waals surface area contributed by atoms with Crippen LogP contribution in [0.1, 0.15) is 0 Å². The van der Waals surface area contributed by atoms with Crippen molar-refractivity contribution >= 4 is 11.6 Å². The van der Waals surface area contributed by atoms with Crippen LogP contribution in [0.3, 0.4) is 0 Å². The number of nitrogens with zero attached hydrogens (tertiary/aromatic N) is 2. The van der Waals surface area contributed by atoms with E-state index in [9.17, 15) is 4.39 Å². The van der Waals surface area contributed by atoms with E-state index in [1.165, 1.54) is 16.9 Å². The largest absolute Gasteiger partial charge is 0.236 e. The molecule has 0 spiro atoms. The predicted octanol–water partition coefficient (Wildman–Crippen LogP) is 2.66. The van der Waals surface area contributed by atoms with E-state index < -0.39 is 0 Å². The van der Waals surface area contributed by atoms with Gasteiger partial charge < -0.3 is 0 Å². The van der Waals surface area contributed by atoms with Crippen LogP contribution in [0.25, 0.3) is 5.69 Å². The Morgan fingerprint density at radius 3 is 2.69 bits per heavy atom. The van der Waals surface area contributed by atoms with E-state index in [0.717, 1.165) is 0 Å². The molecule has 0 aliphatic carbocycles. The van der Waals surface area contributed by atoms with Crippen LogP contribution in [0.4, 0.5) is 4.39 Å². The van der Waals surface area contributed by atoms with E-state index in [-0.39, 0.29) is 5.82 Å². The third kappa shape index (κ3) is 1.55. The summed E-state index contributed by atoms with van der Waals surface area (Å²) in [5, 5.41) is 4.38. The molecule has 2 aromatic rings. The molecule has 66 valence electrons. The van der Waals surface area contributed by atoms with Crippen LogP contribution in [-0.4, -0.2) is 9.78 Å². The number of rotatable bonds is 1. The zero-order valence-corrected chi connectivity index (χ0v) is 7.37. The normalized spacial score (nSPS) is 10.3. The number of para-hydroxylation sites is 1. The third-order valence-corrected chi connectivity index (χ3v) is 1.85. The molecule has 1 aromatic heterocycles. The Kier molecular flexibility index (Phi) is 2.02. The van der Waals surface area contributed by atoms with Crippen molar-refractivity contribution in [3.8, 4) is 5.69 Å². The average molecular weight is 197 g/mol. The van der Waals surface area contributed by atoms with Gasteiger partial charge in [0.1, 0.15) is 11.5 Å². The smallest absolute Gasteiger partial charge is 0.148 e. The summed E-state index contributed by atoms with van der Waals surface area (Å²) in [5.41, 5.74) is 0.398. The first-order valence-corrected chi connectivity index (χ1v) is 4.10. The molecule has 0 fully saturated rings. The summed E-state index contributed by atoms with van der Waals surface area (Å²) in [6, 6.07) is 6.39. The fourth-order valence-electron chi connectivity index (χ4n) is 1.07. The molecule has 2 rings (SSSR count). The van der Waals surface area contributed by atoms with Crippen LogP contribution in [0.15, 0.2) is 36.7 Å². The lowest BCUT2D eigenvalue weighted by Gasteiger charge is -2.00. The van der Waals surface area contributed by atoms with Crippen molar-refractivity contribution in [2.75, 3.05) is 0 Å². The van der Waals surface area contributed by atoms with Gasteiger partial charge in [-0.05, 0) is 12.1 Å². The molecule has 1 aromatic carbocycles. The van der Waals surface area contributed by atoms with Gasteiger partial charge in [0.15, 0.2) is 0 Å². The summed E-state index contributed by atoms with van der Waals surface area (Å²) in [6.07, 6.45) is 3.02. The monoisotopic (exact) mass is 196 g/mol. The second-order valence-corrected chi connectivity index (χ2v) is 2.99. The summed E-state index contributed by atoms with van der Waals surface area (Å²) >= 11 is 5.66. The number of hydrogen-bond donors (Lipinski definition) is 0. The topological polar surface area (TPSA) is 17.8 Å². The van der Waals surface area contributed by atoms with Gasteiger partial charge in [-0.25, -0.2) is 9.07 Å². The molecule has 0 aliphatic rings. The Bertz CT molecular complexity index is 425. The first-order chi connectivity index (χ1) is 6.27. The van der Waals surface area contributed by atoms with Crippen molar-refractivity contribution in [2.45, 2.75) is 0 Å². The maximum Gasteiger partial charge on any atom is 0.148 e. The minimum Gasteiger partial charge on any atom is -0.236 e. The number of aromatic nitrogens is 2. The highest BCUT2D eigenvalue weighted by Crippen LogP contribution is 2.14. The van der Waals surface area contributed by atoms with Crippen molar-refractivity contribution in [2.24, 2.45) is 0 Å². The van der Waals surface area contributed by atoms with Crippen molar-refractivity contribution in [3.05, 3.63) is 47.5 Å². The molecule has 0 radical (unpaired) electrons. The van der Waals surface area contributed by atoms with Crippen LogP contribution in [-0.2, 0) is 0 Å². The maximum absolute atomic E-state index is 13.2. The molecule has 13 heavy (non-hydrogen) atoms. The highest BCUT2D eigenvalue weighted by Gasteiger charge is 2.03. The molecule has 4 heteroatoms. The zero-order chi connectivity index (χ0) is 9.26. The van der Waals surface area contributed by atoms with E-state index in [1.54, 1.807) is 24.4 Å². The fraction of sp³-hybridized carbons (Fsp3) is 0. The van der Waals surface area contributed by atoms with Crippen molar-refractivity contribution in [3.63, 3.8) is 0 Å². The van der Waals surface area contributed by atoms with E-state index >= 15 is 0 Å². The third-order valence-electron chi connectivity index (χ3n) is 1.65. The molecule has 1 heterocycles. The van der Waals surface area contributed by atoms with Gasteiger partial charge in [-0.1, -0.05) is 23.7 Å². The molecule has 0 N–H and O–H groups in total. The lowest BCUT2D eigenvalue weighted by Crippen LogP contribution is -1.96. The van der Waals surface area contributed by atoms with Crippen LogP contribution in [0, 0.1) is 5.82 Å². The molecule has 0 bridgehead atoms. The Morgan fingerprint density at radius 1 is 1.31 bits per heavy atom. The minimum absolute atomic E-state index is 0.317. The molecule has 0 unspecified atom stereocenters. The molecular formula is C9H6ClFN2. The van der Waals surface area contributed by atoms with Crippen LogP contribution >= 0.6 is 11.6 Å². The summed E-state index contributed by atoms with van der Waals surface area (Å²) in [6.45, 7) is 0. The van der Waals surface area contributed by atoms with Gasteiger partial charge in [-0.3, -0.25) is 0 Å². The highest BCUT2D eigenvalue weighted by atomic mass is 35.5. The van der Waals surface area contributed by atoms with Gasteiger partial charge >= 0.3 is 0 Å². The van der Waals surface area contributed by atoms with Gasteiger partial charge in [0.25, 0.3) is 0 Å². The van der Waals surface area contributed by atoms with Gasteiger partial charge in [-0.2, -0.15) is 5.10 Å². The number of halogens is 2. The quantitative estimate of drug-likeness (QED) is 0.686. The van der Waals surface area contributed by atoms with E-state index in [2.05, 4.69) is 5.10 Å². The van der Waals surface area contributed by atoms with Crippen molar-refractivity contribution in [1.82, 2.24) is 9.78 Å². The Hall–Kier alpha value is -1.35. The zero-order valence-electron chi connectivity index (χ0n) is 6.61. The van der Waals surface area contributed by atoms with Gasteiger partial charge in [-0.15, -0.1) is 0 Å². The van der Waals surface area contributed by atoms with E-state index in [0.29, 0.717) is 10.7 Å². The predicted molar refractivity (Wildman–Crippen MR) is 48.5 cm³/mol. The van der Waals surface area contributed by atoms with Crippen molar-refractivity contribution in [1.29, 1.82) is 0 Å². The fourth-order valence-corrected chi connectivity index (χ4v) is 1.21. The molecule has 0 saturated carbocycles. The SMILES string of the molecule is Fc1ccccc1-n1cc(Cl)cn1. The molecule has 0 amide bonds. The molecule has 2 nitrogen and oxygen atoms in total. The lowest BCUT2D eigenvalue weighted by atomic mass is 10.3. The van der Waals surface area contributed by atoms with E-state index in [4.69, 9.17) is 11.6 Å². The molecule has 0 saturated heterocycles. The Labute approximate surface area is 79.6 Å². The molecular weight excluding hydrogens is 191 g/mol. The second kappa shape index (κ2) is 3.18. The minimum atomic E-state index is -0.317. The number of hydrogen-bond acceptors (Lipinski definition) is 1. The van der Waals surface area contributed by atoms with Gasteiger partial charge in [0.05, 0.1) is 11.2 Å². The van der Waals surface area contributed by atoms with Crippen LogP contribution < -0.4 is 0 Å². The first kappa shape index (κ1) is 8.26. The number of benzene rings is 1. The van der Waals surface area contributed by atoms with E-state index in [1.807, 2.05) is 0 Å². The van der Waals surface area contributed by atoms with Crippen LogP contribution in [0.5, 0.6) is 0 Å². The summed E-state index contributed by atoms with van der Waals surface area (Å²) in [7, 11) is 0. The summed E-state index contributed by atoms with van der Waals surface area (Å²) in [5.74, 6) is -0.317. The molecule has 0 atom stereocenters. The summed E-state index contributed by atoms with van der Waals surface area (Å²) in [4.78, 5) is 0. The lowest BCUT2D eigenvalue weighted by molar-refractivity contribution is 0.611. The second-order valence-electron chi connectivity index (χ2n) is 2.55. The molecule has 0 aliphatic heterocycles. The van der Waals surface area contributed by atoms with Crippen LogP contribution in [0.2, 0.25) is 5.02 Å². The standard InChI is InChI=1S/C9H6ClFN2/c10-7-5-12-13(6-7)9-4-2-1-3-8(9)11/h1-6H. The summed E-state index contributed by atoms with van der Waals surface area (Å²) < 4.78 is 14.6. The average Bonchev–Trinajstić information content (AvgIpc) is 2.53. The van der Waals surface area contributed by atoms with Gasteiger partial charge in [0.2, 0.25) is 0 Å². The Balaban J connectivity index is 2.52. The Morgan fingerprint density at radius 2 is 2.08 bits per heavy atom. The highest BCUT2D eigenvalue weighted by molar-refractivity contribution is 6.30.